The number of carboxylic acid groups (broad SMARTS) is 1. The van der Waals surface area contributed by atoms with Crippen LogP contribution in [0.4, 0.5) is 0 Å². The largest absolute Gasteiger partial charge is 0.481 e. The first-order valence-corrected chi connectivity index (χ1v) is 7.98. The number of hydrogen-bond acceptors (Lipinski definition) is 3. The van der Waals surface area contributed by atoms with Crippen LogP contribution in [0, 0.1) is 0 Å². The van der Waals surface area contributed by atoms with Crippen LogP contribution in [0.2, 0.25) is 0 Å². The number of thioether (sulfide) groups is 1. The van der Waals surface area contributed by atoms with Crippen molar-refractivity contribution in [3.8, 4) is 0 Å². The van der Waals surface area contributed by atoms with E-state index in [1.807, 2.05) is 38.1 Å². The van der Waals surface area contributed by atoms with Gasteiger partial charge in [-0.1, -0.05) is 13.8 Å². The van der Waals surface area contributed by atoms with Crippen molar-refractivity contribution in [2.75, 3.05) is 6.54 Å². The van der Waals surface area contributed by atoms with Crippen molar-refractivity contribution in [3.05, 3.63) is 29.8 Å². The summed E-state index contributed by atoms with van der Waals surface area (Å²) in [7, 11) is 0. The number of amides is 1. The second kappa shape index (κ2) is 8.08. The summed E-state index contributed by atoms with van der Waals surface area (Å²) in [5.74, 6) is -1.01. The van der Waals surface area contributed by atoms with Gasteiger partial charge >= 0.3 is 5.97 Å². The molecule has 0 bridgehead atoms. The van der Waals surface area contributed by atoms with Gasteiger partial charge < -0.3 is 10.0 Å². The number of aliphatic carboxylic acids is 1. The van der Waals surface area contributed by atoms with E-state index >= 15 is 0 Å². The minimum absolute atomic E-state index is 0.0263. The Morgan fingerprint density at radius 2 is 1.71 bits per heavy atom. The van der Waals surface area contributed by atoms with Gasteiger partial charge in [0.25, 0.3) is 5.91 Å². The van der Waals surface area contributed by atoms with Crippen LogP contribution in [0.25, 0.3) is 0 Å². The fraction of sp³-hybridized carbons (Fsp3) is 0.500. The SMILES string of the molecule is CC(C)Sc1ccc(C(=O)N(CCC(=O)O)C(C)C)cc1. The number of carboxylic acids is 1. The first-order valence-electron chi connectivity index (χ1n) is 7.10. The van der Waals surface area contributed by atoms with Gasteiger partial charge in [-0.25, -0.2) is 0 Å². The zero-order chi connectivity index (χ0) is 16.0. The first kappa shape index (κ1) is 17.6. The third-order valence-corrected chi connectivity index (χ3v) is 3.94. The highest BCUT2D eigenvalue weighted by Gasteiger charge is 2.19. The number of benzene rings is 1. The van der Waals surface area contributed by atoms with Gasteiger partial charge in [-0.3, -0.25) is 9.59 Å². The molecule has 21 heavy (non-hydrogen) atoms. The van der Waals surface area contributed by atoms with E-state index in [4.69, 9.17) is 5.11 Å². The van der Waals surface area contributed by atoms with E-state index in [2.05, 4.69) is 13.8 Å². The average Bonchev–Trinajstić information content (AvgIpc) is 2.38. The molecule has 1 rings (SSSR count). The first-order chi connectivity index (χ1) is 9.81. The van der Waals surface area contributed by atoms with Crippen molar-refractivity contribution in [2.45, 2.75) is 50.3 Å². The second-order valence-corrected chi connectivity index (χ2v) is 7.08. The van der Waals surface area contributed by atoms with Crippen LogP contribution in [-0.2, 0) is 4.79 Å². The van der Waals surface area contributed by atoms with Gasteiger partial charge in [0, 0.05) is 28.3 Å². The maximum Gasteiger partial charge on any atom is 0.305 e. The second-order valence-electron chi connectivity index (χ2n) is 5.43. The van der Waals surface area contributed by atoms with Crippen molar-refractivity contribution in [1.29, 1.82) is 0 Å². The molecule has 0 unspecified atom stereocenters. The summed E-state index contributed by atoms with van der Waals surface area (Å²) < 4.78 is 0. The monoisotopic (exact) mass is 309 g/mol. The molecule has 0 fully saturated rings. The predicted octanol–water partition coefficient (Wildman–Crippen LogP) is 3.51. The summed E-state index contributed by atoms with van der Waals surface area (Å²) in [5.41, 5.74) is 0.599. The van der Waals surface area contributed by atoms with Crippen molar-refractivity contribution >= 4 is 23.6 Å². The lowest BCUT2D eigenvalue weighted by Gasteiger charge is -2.26. The highest BCUT2D eigenvalue weighted by Crippen LogP contribution is 2.23. The van der Waals surface area contributed by atoms with E-state index in [0.29, 0.717) is 10.8 Å². The van der Waals surface area contributed by atoms with Gasteiger partial charge in [0.05, 0.1) is 6.42 Å². The molecule has 0 saturated heterocycles. The summed E-state index contributed by atoms with van der Waals surface area (Å²) in [6, 6.07) is 7.47. The van der Waals surface area contributed by atoms with Crippen LogP contribution < -0.4 is 0 Å². The normalized spacial score (nSPS) is 11.0. The molecule has 0 aliphatic rings. The van der Waals surface area contributed by atoms with Crippen LogP contribution in [0.3, 0.4) is 0 Å². The molecular formula is C16H23NO3S. The summed E-state index contributed by atoms with van der Waals surface area (Å²) in [6.07, 6.45) is -0.0365. The molecule has 0 heterocycles. The van der Waals surface area contributed by atoms with E-state index in [1.165, 1.54) is 0 Å². The lowest BCUT2D eigenvalue weighted by molar-refractivity contribution is -0.137. The van der Waals surface area contributed by atoms with E-state index in [-0.39, 0.29) is 24.9 Å². The molecule has 0 saturated carbocycles. The van der Waals surface area contributed by atoms with Gasteiger partial charge in [0.1, 0.15) is 0 Å². The Morgan fingerprint density at radius 3 is 2.14 bits per heavy atom. The number of carbonyl (C=O) groups excluding carboxylic acids is 1. The zero-order valence-electron chi connectivity index (χ0n) is 13.0. The van der Waals surface area contributed by atoms with Crippen LogP contribution in [-0.4, -0.2) is 39.7 Å². The molecule has 0 aliphatic heterocycles. The molecule has 5 heteroatoms. The summed E-state index contributed by atoms with van der Waals surface area (Å²) >= 11 is 1.75. The van der Waals surface area contributed by atoms with Gasteiger partial charge in [-0.15, -0.1) is 11.8 Å². The summed E-state index contributed by atoms with van der Waals surface area (Å²) in [6.45, 7) is 8.26. The third-order valence-electron chi connectivity index (χ3n) is 2.92. The average molecular weight is 309 g/mol. The quantitative estimate of drug-likeness (QED) is 0.783. The number of rotatable bonds is 7. The zero-order valence-corrected chi connectivity index (χ0v) is 13.8. The van der Waals surface area contributed by atoms with Crippen molar-refractivity contribution in [2.24, 2.45) is 0 Å². The Morgan fingerprint density at radius 1 is 1.14 bits per heavy atom. The van der Waals surface area contributed by atoms with Gasteiger partial charge in [-0.2, -0.15) is 0 Å². The maximum atomic E-state index is 12.5. The molecular weight excluding hydrogens is 286 g/mol. The molecule has 0 aliphatic carbocycles. The fourth-order valence-electron chi connectivity index (χ4n) is 1.92. The highest BCUT2D eigenvalue weighted by atomic mass is 32.2. The topological polar surface area (TPSA) is 57.6 Å². The number of hydrogen-bond donors (Lipinski definition) is 1. The molecule has 1 N–H and O–H groups in total. The van der Waals surface area contributed by atoms with Crippen molar-refractivity contribution in [1.82, 2.24) is 4.90 Å². The fourth-order valence-corrected chi connectivity index (χ4v) is 2.76. The maximum absolute atomic E-state index is 12.5. The van der Waals surface area contributed by atoms with Gasteiger partial charge in [0.2, 0.25) is 0 Å². The van der Waals surface area contributed by atoms with E-state index in [0.717, 1.165) is 4.90 Å². The van der Waals surface area contributed by atoms with E-state index in [1.54, 1.807) is 16.7 Å². The smallest absolute Gasteiger partial charge is 0.305 e. The minimum Gasteiger partial charge on any atom is -0.481 e. The van der Waals surface area contributed by atoms with Crippen LogP contribution in [0.15, 0.2) is 29.2 Å². The van der Waals surface area contributed by atoms with E-state index in [9.17, 15) is 9.59 Å². The third kappa shape index (κ3) is 5.79. The van der Waals surface area contributed by atoms with Crippen LogP contribution in [0.1, 0.15) is 44.5 Å². The molecule has 0 spiro atoms. The Balaban J connectivity index is 2.81. The predicted molar refractivity (Wildman–Crippen MR) is 85.9 cm³/mol. The molecule has 1 aromatic rings. The molecule has 1 amide bonds. The van der Waals surface area contributed by atoms with Crippen molar-refractivity contribution in [3.63, 3.8) is 0 Å². The lowest BCUT2D eigenvalue weighted by atomic mass is 10.1. The molecule has 0 radical (unpaired) electrons. The van der Waals surface area contributed by atoms with Crippen LogP contribution >= 0.6 is 11.8 Å². The molecule has 0 aromatic heterocycles. The summed E-state index contributed by atoms with van der Waals surface area (Å²) in [4.78, 5) is 25.9. The Bertz CT molecular complexity index is 483. The lowest BCUT2D eigenvalue weighted by Crippen LogP contribution is -2.38. The Kier molecular flexibility index (Phi) is 6.75. The number of nitrogens with zero attached hydrogens (tertiary/aromatic N) is 1. The molecule has 1 aromatic carbocycles. The Hall–Kier alpha value is -1.49. The molecule has 4 nitrogen and oxygen atoms in total. The minimum atomic E-state index is -0.892. The number of carbonyl (C=O) groups is 2. The van der Waals surface area contributed by atoms with Gasteiger partial charge in [0.15, 0.2) is 0 Å². The Labute approximate surface area is 130 Å². The van der Waals surface area contributed by atoms with Gasteiger partial charge in [-0.05, 0) is 38.1 Å². The summed E-state index contributed by atoms with van der Waals surface area (Å²) in [5, 5.41) is 9.27. The molecule has 116 valence electrons. The standard InChI is InChI=1S/C16H23NO3S/c1-11(2)17(10-9-15(18)19)16(20)13-5-7-14(8-6-13)21-12(3)4/h5-8,11-12H,9-10H2,1-4H3,(H,18,19). The van der Waals surface area contributed by atoms with E-state index < -0.39 is 5.97 Å². The van der Waals surface area contributed by atoms with Crippen LogP contribution in [0.5, 0.6) is 0 Å². The highest BCUT2D eigenvalue weighted by molar-refractivity contribution is 7.99. The van der Waals surface area contributed by atoms with Crippen molar-refractivity contribution < 1.29 is 14.7 Å². The molecule has 0 atom stereocenters.